The lowest BCUT2D eigenvalue weighted by Gasteiger charge is -2.18. The van der Waals surface area contributed by atoms with Gasteiger partial charge in [0.2, 0.25) is 0 Å². The molecule has 0 aliphatic carbocycles. The number of ether oxygens (including phenoxy) is 2. The highest BCUT2D eigenvalue weighted by Gasteiger charge is 2.33. The van der Waals surface area contributed by atoms with E-state index >= 15 is 0 Å². The van der Waals surface area contributed by atoms with Crippen molar-refractivity contribution in [2.75, 3.05) is 18.6 Å². The molecule has 1 N–H and O–H groups in total. The molecule has 0 bridgehead atoms. The maximum absolute atomic E-state index is 13.0. The molecule has 126 valence electrons. The Morgan fingerprint density at radius 3 is 2.50 bits per heavy atom. The number of fused-ring (bicyclic) bond motifs is 1. The molecule has 2 aromatic rings. The van der Waals surface area contributed by atoms with Crippen LogP contribution in [0.4, 0.5) is 18.9 Å². The lowest BCUT2D eigenvalue weighted by atomic mass is 10.1. The number of benzene rings is 2. The SMILES string of the molecule is C/C(=N\Nc1ccccc1C(F)(F)F)c1ccc2c(c1)OCCO2. The van der Waals surface area contributed by atoms with E-state index in [4.69, 9.17) is 9.47 Å². The first-order valence-corrected chi connectivity index (χ1v) is 7.32. The van der Waals surface area contributed by atoms with Gasteiger partial charge in [0, 0.05) is 5.56 Å². The van der Waals surface area contributed by atoms with E-state index in [9.17, 15) is 13.2 Å². The van der Waals surface area contributed by atoms with Gasteiger partial charge in [0.15, 0.2) is 11.5 Å². The Bertz CT molecular complexity index is 773. The summed E-state index contributed by atoms with van der Waals surface area (Å²) in [5.74, 6) is 1.25. The Balaban J connectivity index is 1.83. The second-order valence-electron chi connectivity index (χ2n) is 5.21. The molecule has 1 aliphatic heterocycles. The highest BCUT2D eigenvalue weighted by atomic mass is 19.4. The highest BCUT2D eigenvalue weighted by Crippen LogP contribution is 2.35. The zero-order valence-corrected chi connectivity index (χ0v) is 12.9. The Kier molecular flexibility index (Phi) is 4.33. The molecular weight excluding hydrogens is 321 g/mol. The first kappa shape index (κ1) is 16.2. The number of nitrogens with one attached hydrogen (secondary N) is 1. The maximum Gasteiger partial charge on any atom is 0.418 e. The number of nitrogens with zero attached hydrogens (tertiary/aromatic N) is 1. The van der Waals surface area contributed by atoms with Crippen LogP contribution >= 0.6 is 0 Å². The number of para-hydroxylation sites is 1. The smallest absolute Gasteiger partial charge is 0.418 e. The number of hydrogen-bond donors (Lipinski definition) is 1. The maximum atomic E-state index is 13.0. The third-order valence-electron chi connectivity index (χ3n) is 3.54. The molecule has 1 aliphatic rings. The molecule has 7 heteroatoms. The van der Waals surface area contributed by atoms with Gasteiger partial charge in [-0.25, -0.2) is 0 Å². The van der Waals surface area contributed by atoms with Crippen molar-refractivity contribution in [3.63, 3.8) is 0 Å². The molecule has 0 spiro atoms. The van der Waals surface area contributed by atoms with Crippen molar-refractivity contribution in [2.24, 2.45) is 5.10 Å². The summed E-state index contributed by atoms with van der Waals surface area (Å²) in [6.07, 6.45) is -4.44. The topological polar surface area (TPSA) is 42.9 Å². The van der Waals surface area contributed by atoms with Crippen molar-refractivity contribution in [1.82, 2.24) is 0 Å². The molecular formula is C17H15F3N2O2. The van der Waals surface area contributed by atoms with Gasteiger partial charge in [0.05, 0.1) is 17.0 Å². The van der Waals surface area contributed by atoms with E-state index in [1.54, 1.807) is 25.1 Å². The van der Waals surface area contributed by atoms with E-state index < -0.39 is 11.7 Å². The van der Waals surface area contributed by atoms with Crippen LogP contribution in [0.15, 0.2) is 47.6 Å². The molecule has 0 aromatic heterocycles. The number of rotatable bonds is 3. The van der Waals surface area contributed by atoms with E-state index in [-0.39, 0.29) is 5.69 Å². The number of hydrazone groups is 1. The fourth-order valence-corrected chi connectivity index (χ4v) is 2.30. The molecule has 0 atom stereocenters. The average molecular weight is 336 g/mol. The van der Waals surface area contributed by atoms with Gasteiger partial charge in [0.1, 0.15) is 13.2 Å². The summed E-state index contributed by atoms with van der Waals surface area (Å²) in [6.45, 7) is 2.66. The predicted octanol–water partition coefficient (Wildman–Crippen LogP) is 4.31. The molecule has 0 unspecified atom stereocenters. The summed E-state index contributed by atoms with van der Waals surface area (Å²) in [6, 6.07) is 10.5. The molecule has 24 heavy (non-hydrogen) atoms. The highest BCUT2D eigenvalue weighted by molar-refractivity contribution is 5.99. The van der Waals surface area contributed by atoms with Crippen molar-refractivity contribution in [3.8, 4) is 11.5 Å². The quantitative estimate of drug-likeness (QED) is 0.671. The lowest BCUT2D eigenvalue weighted by Crippen LogP contribution is -2.15. The van der Waals surface area contributed by atoms with Gasteiger partial charge >= 0.3 is 6.18 Å². The van der Waals surface area contributed by atoms with Crippen molar-refractivity contribution < 1.29 is 22.6 Å². The molecule has 3 rings (SSSR count). The summed E-state index contributed by atoms with van der Waals surface area (Å²) in [5, 5.41) is 4.06. The third-order valence-corrected chi connectivity index (χ3v) is 3.54. The van der Waals surface area contributed by atoms with Gasteiger partial charge in [-0.1, -0.05) is 12.1 Å². The lowest BCUT2D eigenvalue weighted by molar-refractivity contribution is -0.136. The average Bonchev–Trinajstić information content (AvgIpc) is 2.58. The van der Waals surface area contributed by atoms with Crippen LogP contribution in [-0.4, -0.2) is 18.9 Å². The summed E-state index contributed by atoms with van der Waals surface area (Å²) in [7, 11) is 0. The molecule has 0 saturated heterocycles. The minimum absolute atomic E-state index is 0.0955. The van der Waals surface area contributed by atoms with Crippen molar-refractivity contribution in [3.05, 3.63) is 53.6 Å². The molecule has 1 heterocycles. The second kappa shape index (κ2) is 6.43. The molecule has 0 fully saturated rings. The van der Waals surface area contributed by atoms with Crippen LogP contribution in [-0.2, 0) is 6.18 Å². The van der Waals surface area contributed by atoms with Crippen LogP contribution in [0, 0.1) is 0 Å². The standard InChI is InChI=1S/C17H15F3N2O2/c1-11(12-6-7-15-16(10-12)24-9-8-23-15)21-22-14-5-3-2-4-13(14)17(18,19)20/h2-7,10,22H,8-9H2,1H3/b21-11+. The Hall–Kier alpha value is -2.70. The first-order chi connectivity index (χ1) is 11.4. The third kappa shape index (κ3) is 3.45. The molecule has 0 saturated carbocycles. The minimum Gasteiger partial charge on any atom is -0.486 e. The fraction of sp³-hybridized carbons (Fsp3) is 0.235. The van der Waals surface area contributed by atoms with Crippen LogP contribution in [0.2, 0.25) is 0 Å². The summed E-state index contributed by atoms with van der Waals surface area (Å²) >= 11 is 0. The van der Waals surface area contributed by atoms with Crippen LogP contribution in [0.3, 0.4) is 0 Å². The van der Waals surface area contributed by atoms with Gasteiger partial charge in [0.25, 0.3) is 0 Å². The Labute approximate surface area is 136 Å². The molecule has 0 radical (unpaired) electrons. The normalized spacial score (nSPS) is 14.4. The molecule has 2 aromatic carbocycles. The van der Waals surface area contributed by atoms with Crippen LogP contribution in [0.5, 0.6) is 11.5 Å². The molecule has 0 amide bonds. The second-order valence-corrected chi connectivity index (χ2v) is 5.21. The van der Waals surface area contributed by atoms with Crippen molar-refractivity contribution in [1.29, 1.82) is 0 Å². The van der Waals surface area contributed by atoms with Crippen LogP contribution in [0.25, 0.3) is 0 Å². The van der Waals surface area contributed by atoms with Crippen molar-refractivity contribution >= 4 is 11.4 Å². The summed E-state index contributed by atoms with van der Waals surface area (Å²) < 4.78 is 49.8. The Morgan fingerprint density at radius 1 is 1.04 bits per heavy atom. The Morgan fingerprint density at radius 2 is 1.75 bits per heavy atom. The first-order valence-electron chi connectivity index (χ1n) is 7.32. The fourth-order valence-electron chi connectivity index (χ4n) is 2.30. The van der Waals surface area contributed by atoms with E-state index in [1.807, 2.05) is 0 Å². The zero-order valence-electron chi connectivity index (χ0n) is 12.9. The van der Waals surface area contributed by atoms with Gasteiger partial charge in [-0.05, 0) is 37.3 Å². The van der Waals surface area contributed by atoms with Gasteiger partial charge in [-0.2, -0.15) is 18.3 Å². The minimum atomic E-state index is -4.44. The number of anilines is 1. The van der Waals surface area contributed by atoms with E-state index in [0.29, 0.717) is 30.4 Å². The van der Waals surface area contributed by atoms with E-state index in [1.165, 1.54) is 18.2 Å². The number of halogens is 3. The van der Waals surface area contributed by atoms with E-state index in [0.717, 1.165) is 11.6 Å². The summed E-state index contributed by atoms with van der Waals surface area (Å²) in [4.78, 5) is 0. The van der Waals surface area contributed by atoms with Gasteiger partial charge < -0.3 is 9.47 Å². The largest absolute Gasteiger partial charge is 0.486 e. The number of alkyl halides is 3. The van der Waals surface area contributed by atoms with Crippen LogP contribution in [0.1, 0.15) is 18.1 Å². The predicted molar refractivity (Wildman–Crippen MR) is 84.7 cm³/mol. The monoisotopic (exact) mass is 336 g/mol. The zero-order chi connectivity index (χ0) is 17.2. The molecule has 4 nitrogen and oxygen atoms in total. The summed E-state index contributed by atoms with van der Waals surface area (Å²) in [5.41, 5.74) is 2.90. The van der Waals surface area contributed by atoms with Crippen molar-refractivity contribution in [2.45, 2.75) is 13.1 Å². The van der Waals surface area contributed by atoms with Crippen LogP contribution < -0.4 is 14.9 Å². The van der Waals surface area contributed by atoms with Gasteiger partial charge in [-0.3, -0.25) is 5.43 Å². The van der Waals surface area contributed by atoms with E-state index in [2.05, 4.69) is 10.5 Å². The van der Waals surface area contributed by atoms with Gasteiger partial charge in [-0.15, -0.1) is 0 Å². The number of hydrogen-bond acceptors (Lipinski definition) is 4.